The second kappa shape index (κ2) is 5.37. The Balaban J connectivity index is 2.20. The van der Waals surface area contributed by atoms with Crippen molar-refractivity contribution in [3.63, 3.8) is 0 Å². The number of benzene rings is 1. The molecule has 2 rings (SSSR count). The van der Waals surface area contributed by atoms with Crippen LogP contribution in [0.25, 0.3) is 0 Å². The van der Waals surface area contributed by atoms with Gasteiger partial charge in [-0.15, -0.1) is 11.6 Å². The van der Waals surface area contributed by atoms with Gasteiger partial charge in [0, 0.05) is 5.88 Å². The second-order valence-electron chi connectivity index (χ2n) is 4.58. The lowest BCUT2D eigenvalue weighted by molar-refractivity contribution is 0.347. The highest BCUT2D eigenvalue weighted by Gasteiger charge is 2.24. The smallest absolute Gasteiger partial charge is 0.0994 e. The summed E-state index contributed by atoms with van der Waals surface area (Å²) in [5, 5.41) is 9.10. The van der Waals surface area contributed by atoms with Gasteiger partial charge >= 0.3 is 0 Å². The Morgan fingerprint density at radius 2 is 2.12 bits per heavy atom. The van der Waals surface area contributed by atoms with Gasteiger partial charge in [-0.3, -0.25) is 0 Å². The van der Waals surface area contributed by atoms with Crippen molar-refractivity contribution >= 4 is 11.6 Å². The number of halogens is 1. The molecule has 1 saturated carbocycles. The first-order valence-corrected chi connectivity index (χ1v) is 6.43. The van der Waals surface area contributed by atoms with Crippen LogP contribution in [0.1, 0.15) is 42.7 Å². The molecule has 1 aliphatic rings. The molecule has 0 heterocycles. The Kier molecular flexibility index (Phi) is 3.85. The van der Waals surface area contributed by atoms with Crippen molar-refractivity contribution in [2.75, 3.05) is 5.88 Å². The van der Waals surface area contributed by atoms with Crippen LogP contribution in [-0.4, -0.2) is 5.88 Å². The maximum atomic E-state index is 9.10. The van der Waals surface area contributed by atoms with Crippen molar-refractivity contribution in [1.82, 2.24) is 0 Å². The summed E-state index contributed by atoms with van der Waals surface area (Å²) >= 11 is 5.94. The highest BCUT2D eigenvalue weighted by molar-refractivity contribution is 6.18. The zero-order valence-electron chi connectivity index (χ0n) is 9.32. The Labute approximate surface area is 102 Å². The predicted octanol–water partition coefficient (Wildman–Crippen LogP) is 4.07. The molecule has 2 unspecified atom stereocenters. The summed E-state index contributed by atoms with van der Waals surface area (Å²) in [5.74, 6) is 1.92. The Bertz CT molecular complexity index is 394. The molecule has 2 atom stereocenters. The average Bonchev–Trinajstić information content (AvgIpc) is 2.38. The van der Waals surface area contributed by atoms with Crippen LogP contribution in [0.4, 0.5) is 0 Å². The number of nitrogens with zero attached hydrogens (tertiary/aromatic N) is 1. The fourth-order valence-corrected chi connectivity index (χ4v) is 2.95. The van der Waals surface area contributed by atoms with Crippen molar-refractivity contribution in [3.05, 3.63) is 35.4 Å². The minimum Gasteiger partial charge on any atom is -0.192 e. The van der Waals surface area contributed by atoms with Gasteiger partial charge in [0.1, 0.15) is 0 Å². The van der Waals surface area contributed by atoms with E-state index >= 15 is 0 Å². The first kappa shape index (κ1) is 11.5. The average molecular weight is 234 g/mol. The molecule has 0 amide bonds. The summed E-state index contributed by atoms with van der Waals surface area (Å²) in [6, 6.07) is 10.3. The van der Waals surface area contributed by atoms with Crippen LogP contribution in [-0.2, 0) is 0 Å². The molecule has 1 aromatic carbocycles. The molecule has 16 heavy (non-hydrogen) atoms. The Morgan fingerprint density at radius 3 is 2.88 bits per heavy atom. The van der Waals surface area contributed by atoms with E-state index in [9.17, 15) is 0 Å². The predicted molar refractivity (Wildman–Crippen MR) is 66.6 cm³/mol. The first-order valence-electron chi connectivity index (χ1n) is 5.90. The molecule has 1 aromatic rings. The summed E-state index contributed by atoms with van der Waals surface area (Å²) in [4.78, 5) is 0. The van der Waals surface area contributed by atoms with Crippen molar-refractivity contribution in [1.29, 1.82) is 5.26 Å². The SMILES string of the molecule is N#Cc1ccccc1C1CCCC(CCl)C1. The molecule has 1 nitrogen and oxygen atoms in total. The highest BCUT2D eigenvalue weighted by Crippen LogP contribution is 2.37. The van der Waals surface area contributed by atoms with E-state index in [1.165, 1.54) is 24.8 Å². The molecular weight excluding hydrogens is 218 g/mol. The number of hydrogen-bond acceptors (Lipinski definition) is 1. The van der Waals surface area contributed by atoms with E-state index < -0.39 is 0 Å². The minimum absolute atomic E-state index is 0.536. The van der Waals surface area contributed by atoms with E-state index in [4.69, 9.17) is 16.9 Å². The van der Waals surface area contributed by atoms with Gasteiger partial charge in [0.25, 0.3) is 0 Å². The van der Waals surface area contributed by atoms with Crippen molar-refractivity contribution in [2.24, 2.45) is 5.92 Å². The summed E-state index contributed by atoms with van der Waals surface area (Å²) in [6.07, 6.45) is 4.82. The summed E-state index contributed by atoms with van der Waals surface area (Å²) in [6.45, 7) is 0. The van der Waals surface area contributed by atoms with Crippen LogP contribution in [0.2, 0.25) is 0 Å². The molecule has 0 bridgehead atoms. The Hall–Kier alpha value is -1.00. The third kappa shape index (κ3) is 2.39. The normalized spacial score (nSPS) is 25.0. The number of hydrogen-bond donors (Lipinski definition) is 0. The maximum Gasteiger partial charge on any atom is 0.0994 e. The van der Waals surface area contributed by atoms with E-state index in [2.05, 4.69) is 12.1 Å². The molecule has 0 aliphatic heterocycles. The van der Waals surface area contributed by atoms with E-state index in [1.807, 2.05) is 18.2 Å². The van der Waals surface area contributed by atoms with Crippen molar-refractivity contribution in [3.8, 4) is 6.07 Å². The van der Waals surface area contributed by atoms with Crippen LogP contribution in [0.5, 0.6) is 0 Å². The molecule has 84 valence electrons. The van der Waals surface area contributed by atoms with Crippen LogP contribution < -0.4 is 0 Å². The number of rotatable bonds is 2. The van der Waals surface area contributed by atoms with Crippen LogP contribution in [0, 0.1) is 17.2 Å². The van der Waals surface area contributed by atoms with Crippen molar-refractivity contribution in [2.45, 2.75) is 31.6 Å². The summed E-state index contributed by atoms with van der Waals surface area (Å²) in [5.41, 5.74) is 2.06. The molecule has 0 aromatic heterocycles. The lowest BCUT2D eigenvalue weighted by Crippen LogP contribution is -2.16. The van der Waals surface area contributed by atoms with E-state index in [0.717, 1.165) is 17.9 Å². The molecule has 0 radical (unpaired) electrons. The van der Waals surface area contributed by atoms with Gasteiger partial charge in [-0.2, -0.15) is 5.26 Å². The zero-order chi connectivity index (χ0) is 11.4. The van der Waals surface area contributed by atoms with Crippen LogP contribution in [0.3, 0.4) is 0 Å². The van der Waals surface area contributed by atoms with Gasteiger partial charge in [-0.1, -0.05) is 24.6 Å². The fraction of sp³-hybridized carbons (Fsp3) is 0.500. The largest absolute Gasteiger partial charge is 0.192 e. The quantitative estimate of drug-likeness (QED) is 0.707. The monoisotopic (exact) mass is 233 g/mol. The maximum absolute atomic E-state index is 9.10. The van der Waals surface area contributed by atoms with Gasteiger partial charge in [0.05, 0.1) is 11.6 Å². The highest BCUT2D eigenvalue weighted by atomic mass is 35.5. The van der Waals surface area contributed by atoms with Gasteiger partial charge in [0.2, 0.25) is 0 Å². The Morgan fingerprint density at radius 1 is 1.31 bits per heavy atom. The van der Waals surface area contributed by atoms with E-state index in [1.54, 1.807) is 0 Å². The molecule has 1 fully saturated rings. The van der Waals surface area contributed by atoms with Gasteiger partial charge < -0.3 is 0 Å². The molecular formula is C14H16ClN. The van der Waals surface area contributed by atoms with Crippen molar-refractivity contribution < 1.29 is 0 Å². The molecule has 2 heteroatoms. The van der Waals surface area contributed by atoms with Gasteiger partial charge in [0.15, 0.2) is 0 Å². The minimum atomic E-state index is 0.536. The molecule has 1 aliphatic carbocycles. The third-order valence-electron chi connectivity index (χ3n) is 3.52. The van der Waals surface area contributed by atoms with Gasteiger partial charge in [-0.05, 0) is 42.7 Å². The first-order chi connectivity index (χ1) is 7.85. The lowest BCUT2D eigenvalue weighted by atomic mass is 9.77. The molecule has 0 N–H and O–H groups in total. The molecule has 0 spiro atoms. The number of nitriles is 1. The van der Waals surface area contributed by atoms with Crippen LogP contribution in [0.15, 0.2) is 24.3 Å². The molecule has 0 saturated heterocycles. The van der Waals surface area contributed by atoms with E-state index in [0.29, 0.717) is 11.8 Å². The number of alkyl halides is 1. The van der Waals surface area contributed by atoms with Crippen LogP contribution >= 0.6 is 11.6 Å². The summed E-state index contributed by atoms with van der Waals surface area (Å²) in [7, 11) is 0. The topological polar surface area (TPSA) is 23.8 Å². The second-order valence-corrected chi connectivity index (χ2v) is 4.89. The standard InChI is InChI=1S/C14H16ClN/c15-9-11-4-3-6-12(8-11)14-7-2-1-5-13(14)10-16/h1-2,5,7,11-12H,3-4,6,8-9H2. The fourth-order valence-electron chi connectivity index (χ4n) is 2.67. The lowest BCUT2D eigenvalue weighted by Gasteiger charge is -2.28. The zero-order valence-corrected chi connectivity index (χ0v) is 10.1. The summed E-state index contributed by atoms with van der Waals surface area (Å²) < 4.78 is 0. The third-order valence-corrected chi connectivity index (χ3v) is 3.96. The van der Waals surface area contributed by atoms with Gasteiger partial charge in [-0.25, -0.2) is 0 Å². The van der Waals surface area contributed by atoms with E-state index in [-0.39, 0.29) is 0 Å².